The number of carbonyl (C=O) groups is 1. The molecule has 0 N–H and O–H groups in total. The van der Waals surface area contributed by atoms with Gasteiger partial charge in [0.05, 0.1) is 25.2 Å². The Hall–Kier alpha value is -1.35. The highest BCUT2D eigenvalue weighted by Crippen LogP contribution is 2.47. The van der Waals surface area contributed by atoms with Crippen molar-refractivity contribution in [1.82, 2.24) is 0 Å². The minimum atomic E-state index is -0.483. The lowest BCUT2D eigenvalue weighted by atomic mass is 9.74. The number of methoxy groups -OCH3 is 1. The Morgan fingerprint density at radius 2 is 2.05 bits per heavy atom. The molecular formula is C17H24O3. The molecule has 1 aliphatic rings. The summed E-state index contributed by atoms with van der Waals surface area (Å²) < 4.78 is 11.2. The molecule has 0 aromatic heterocycles. The van der Waals surface area contributed by atoms with Gasteiger partial charge in [0.15, 0.2) is 0 Å². The van der Waals surface area contributed by atoms with Crippen LogP contribution >= 0.6 is 0 Å². The van der Waals surface area contributed by atoms with E-state index in [9.17, 15) is 4.79 Å². The number of ether oxygens (including phenoxy) is 2. The number of hydrogen-bond donors (Lipinski definition) is 0. The molecule has 1 aliphatic carbocycles. The normalized spacial score (nSPS) is 25.9. The van der Waals surface area contributed by atoms with Crippen LogP contribution in [0.15, 0.2) is 30.3 Å². The fourth-order valence-corrected chi connectivity index (χ4v) is 3.32. The van der Waals surface area contributed by atoms with Crippen molar-refractivity contribution in [3.05, 3.63) is 35.9 Å². The van der Waals surface area contributed by atoms with Crippen LogP contribution in [-0.2, 0) is 20.9 Å². The smallest absolute Gasteiger partial charge is 0.314 e. The highest BCUT2D eigenvalue weighted by Gasteiger charge is 2.52. The summed E-state index contributed by atoms with van der Waals surface area (Å²) in [7, 11) is 1.47. The van der Waals surface area contributed by atoms with E-state index in [4.69, 9.17) is 9.47 Å². The van der Waals surface area contributed by atoms with Crippen LogP contribution in [0.25, 0.3) is 0 Å². The van der Waals surface area contributed by atoms with Gasteiger partial charge in [0.1, 0.15) is 0 Å². The van der Waals surface area contributed by atoms with Crippen molar-refractivity contribution in [1.29, 1.82) is 0 Å². The second-order valence-electron chi connectivity index (χ2n) is 5.86. The van der Waals surface area contributed by atoms with Crippen molar-refractivity contribution >= 4 is 5.97 Å². The predicted octanol–water partition coefficient (Wildman–Crippen LogP) is 3.57. The Morgan fingerprint density at radius 3 is 2.65 bits per heavy atom. The molecule has 0 heterocycles. The lowest BCUT2D eigenvalue weighted by Gasteiger charge is -2.36. The first-order valence-electron chi connectivity index (χ1n) is 7.35. The van der Waals surface area contributed by atoms with Gasteiger partial charge in [-0.25, -0.2) is 0 Å². The van der Waals surface area contributed by atoms with Gasteiger partial charge in [0.2, 0.25) is 0 Å². The molecule has 0 spiro atoms. The van der Waals surface area contributed by atoms with E-state index in [1.54, 1.807) is 0 Å². The van der Waals surface area contributed by atoms with Gasteiger partial charge in [-0.15, -0.1) is 0 Å². The lowest BCUT2D eigenvalue weighted by Crippen LogP contribution is -2.45. The molecule has 0 amide bonds. The number of benzene rings is 1. The second-order valence-corrected chi connectivity index (χ2v) is 5.86. The number of carbonyl (C=O) groups excluding carboxylic acids is 1. The molecule has 0 aliphatic heterocycles. The molecule has 3 nitrogen and oxygen atoms in total. The van der Waals surface area contributed by atoms with E-state index in [-0.39, 0.29) is 18.0 Å². The fourth-order valence-electron chi connectivity index (χ4n) is 3.32. The molecule has 1 fully saturated rings. The van der Waals surface area contributed by atoms with E-state index in [2.05, 4.69) is 13.8 Å². The maximum atomic E-state index is 12.3. The Kier molecular flexibility index (Phi) is 4.81. The van der Waals surface area contributed by atoms with E-state index >= 15 is 0 Å². The molecule has 1 aromatic carbocycles. The van der Waals surface area contributed by atoms with Gasteiger partial charge in [-0.05, 0) is 30.7 Å². The average molecular weight is 276 g/mol. The van der Waals surface area contributed by atoms with Gasteiger partial charge in [0.25, 0.3) is 0 Å². The van der Waals surface area contributed by atoms with Crippen LogP contribution < -0.4 is 0 Å². The minimum absolute atomic E-state index is 0.0462. The standard InChI is InChI=1S/C17H24O3/c1-13(2)17(16(18)19-3)11-7-10-15(17)20-12-14-8-5-4-6-9-14/h4-6,8-9,13,15H,7,10-12H2,1-3H3. The van der Waals surface area contributed by atoms with Gasteiger partial charge >= 0.3 is 5.97 Å². The van der Waals surface area contributed by atoms with Crippen LogP contribution in [0.3, 0.4) is 0 Å². The Bertz CT molecular complexity index is 441. The van der Waals surface area contributed by atoms with Crippen molar-refractivity contribution < 1.29 is 14.3 Å². The van der Waals surface area contributed by atoms with Gasteiger partial charge < -0.3 is 9.47 Å². The highest BCUT2D eigenvalue weighted by atomic mass is 16.5. The molecule has 1 saturated carbocycles. The first-order chi connectivity index (χ1) is 9.61. The maximum Gasteiger partial charge on any atom is 0.314 e. The quantitative estimate of drug-likeness (QED) is 0.771. The third-order valence-corrected chi connectivity index (χ3v) is 4.52. The van der Waals surface area contributed by atoms with Crippen molar-refractivity contribution in [2.75, 3.05) is 7.11 Å². The Morgan fingerprint density at radius 1 is 1.35 bits per heavy atom. The summed E-state index contributed by atoms with van der Waals surface area (Å²) in [6.45, 7) is 4.72. The van der Waals surface area contributed by atoms with Crippen molar-refractivity contribution in [3.63, 3.8) is 0 Å². The molecule has 0 saturated heterocycles. The molecule has 2 unspecified atom stereocenters. The zero-order valence-electron chi connectivity index (χ0n) is 12.6. The number of esters is 1. The van der Waals surface area contributed by atoms with E-state index < -0.39 is 5.41 Å². The first-order valence-corrected chi connectivity index (χ1v) is 7.35. The maximum absolute atomic E-state index is 12.3. The van der Waals surface area contributed by atoms with Crippen molar-refractivity contribution in [2.24, 2.45) is 11.3 Å². The Labute approximate surface area is 121 Å². The number of hydrogen-bond acceptors (Lipinski definition) is 3. The summed E-state index contributed by atoms with van der Waals surface area (Å²) >= 11 is 0. The van der Waals surface area contributed by atoms with E-state index in [1.165, 1.54) is 7.11 Å². The Balaban J connectivity index is 2.11. The largest absolute Gasteiger partial charge is 0.469 e. The highest BCUT2D eigenvalue weighted by molar-refractivity contribution is 5.78. The minimum Gasteiger partial charge on any atom is -0.469 e. The summed E-state index contributed by atoms with van der Waals surface area (Å²) in [4.78, 5) is 12.3. The summed E-state index contributed by atoms with van der Waals surface area (Å²) in [6.07, 6.45) is 2.76. The average Bonchev–Trinajstić information content (AvgIpc) is 2.90. The second kappa shape index (κ2) is 6.40. The number of rotatable bonds is 5. The van der Waals surface area contributed by atoms with Crippen LogP contribution in [0, 0.1) is 11.3 Å². The van der Waals surface area contributed by atoms with Crippen LogP contribution in [0.5, 0.6) is 0 Å². The third kappa shape index (κ3) is 2.73. The van der Waals surface area contributed by atoms with Crippen LogP contribution in [0.1, 0.15) is 38.7 Å². The van der Waals surface area contributed by atoms with Crippen LogP contribution in [0.4, 0.5) is 0 Å². The lowest BCUT2D eigenvalue weighted by molar-refractivity contribution is -0.167. The predicted molar refractivity (Wildman–Crippen MR) is 78.2 cm³/mol. The van der Waals surface area contributed by atoms with E-state index in [0.29, 0.717) is 6.61 Å². The van der Waals surface area contributed by atoms with Gasteiger partial charge in [-0.1, -0.05) is 44.2 Å². The summed E-state index contributed by atoms with van der Waals surface area (Å²) in [5, 5.41) is 0. The molecule has 0 bridgehead atoms. The zero-order valence-corrected chi connectivity index (χ0v) is 12.6. The van der Waals surface area contributed by atoms with Crippen LogP contribution in [0.2, 0.25) is 0 Å². The molecule has 2 rings (SSSR count). The molecule has 2 atom stereocenters. The molecule has 3 heteroatoms. The SMILES string of the molecule is COC(=O)C1(C(C)C)CCCC1OCc1ccccc1. The summed E-state index contributed by atoms with van der Waals surface area (Å²) in [5.74, 6) is 0.0984. The van der Waals surface area contributed by atoms with Crippen molar-refractivity contribution in [3.8, 4) is 0 Å². The molecule has 20 heavy (non-hydrogen) atoms. The van der Waals surface area contributed by atoms with E-state index in [0.717, 1.165) is 24.8 Å². The molecular weight excluding hydrogens is 252 g/mol. The van der Waals surface area contributed by atoms with Gasteiger partial charge in [-0.3, -0.25) is 4.79 Å². The zero-order chi connectivity index (χ0) is 14.6. The van der Waals surface area contributed by atoms with E-state index in [1.807, 2.05) is 30.3 Å². The van der Waals surface area contributed by atoms with Gasteiger partial charge in [0, 0.05) is 0 Å². The topological polar surface area (TPSA) is 35.5 Å². The van der Waals surface area contributed by atoms with Gasteiger partial charge in [-0.2, -0.15) is 0 Å². The summed E-state index contributed by atoms with van der Waals surface area (Å²) in [6, 6.07) is 10.1. The van der Waals surface area contributed by atoms with Crippen LogP contribution in [-0.4, -0.2) is 19.2 Å². The monoisotopic (exact) mass is 276 g/mol. The fraction of sp³-hybridized carbons (Fsp3) is 0.588. The molecule has 110 valence electrons. The first kappa shape index (κ1) is 15.0. The van der Waals surface area contributed by atoms with Crippen molar-refractivity contribution in [2.45, 2.75) is 45.8 Å². The molecule has 1 aromatic rings. The molecule has 0 radical (unpaired) electrons. The summed E-state index contributed by atoms with van der Waals surface area (Å²) in [5.41, 5.74) is 0.658. The third-order valence-electron chi connectivity index (χ3n) is 4.52.